The van der Waals surface area contributed by atoms with E-state index in [2.05, 4.69) is 6.58 Å². The molecule has 0 heterocycles. The molecule has 0 aromatic heterocycles. The van der Waals surface area contributed by atoms with Gasteiger partial charge in [-0.2, -0.15) is 0 Å². The van der Waals surface area contributed by atoms with Crippen molar-refractivity contribution < 1.29 is 31.1 Å². The van der Waals surface area contributed by atoms with Gasteiger partial charge in [0.1, 0.15) is 21.9 Å². The Hall–Kier alpha value is -2.61. The number of rotatable bonds is 4. The summed E-state index contributed by atoms with van der Waals surface area (Å²) in [6.45, 7) is 8.89. The molecule has 2 aromatic carbocycles. The molecule has 0 N–H and O–H groups in total. The lowest BCUT2D eigenvalue weighted by Gasteiger charge is -2.21. The molecule has 2 rings (SSSR count). The minimum Gasteiger partial charge on any atom is -0.456 e. The van der Waals surface area contributed by atoms with Crippen molar-refractivity contribution in [1.29, 1.82) is 0 Å². The van der Waals surface area contributed by atoms with Gasteiger partial charge in [0.25, 0.3) is 0 Å². The van der Waals surface area contributed by atoms with Crippen LogP contribution in [0.4, 0.5) is 13.2 Å². The van der Waals surface area contributed by atoms with Gasteiger partial charge in [0.15, 0.2) is 11.6 Å². The van der Waals surface area contributed by atoms with Gasteiger partial charge in [-0.25, -0.2) is 26.4 Å². The van der Waals surface area contributed by atoms with Crippen molar-refractivity contribution >= 4 is 21.9 Å². The maximum absolute atomic E-state index is 14.7. The van der Waals surface area contributed by atoms with Gasteiger partial charge in [-0.1, -0.05) is 24.8 Å². The van der Waals surface area contributed by atoms with E-state index in [1.165, 1.54) is 51.1 Å². The molecule has 0 saturated carbocycles. The van der Waals surface area contributed by atoms with E-state index in [9.17, 15) is 26.4 Å². The summed E-state index contributed by atoms with van der Waals surface area (Å²) in [5.41, 5.74) is -2.47. The van der Waals surface area contributed by atoms with Crippen LogP contribution in [0.5, 0.6) is 0 Å². The highest BCUT2D eigenvalue weighted by Crippen LogP contribution is 2.33. The summed E-state index contributed by atoms with van der Waals surface area (Å²) in [6, 6.07) is 5.16. The van der Waals surface area contributed by atoms with E-state index in [-0.39, 0.29) is 4.90 Å². The number of hydrogen-bond donors (Lipinski definition) is 0. The van der Waals surface area contributed by atoms with Crippen LogP contribution in [0.1, 0.15) is 42.3 Å². The monoisotopic (exact) mass is 412 g/mol. The summed E-state index contributed by atoms with van der Waals surface area (Å²) in [5, 5.41) is 0. The van der Waals surface area contributed by atoms with Crippen LogP contribution in [0.3, 0.4) is 0 Å². The Balaban J connectivity index is 2.70. The van der Waals surface area contributed by atoms with Crippen LogP contribution in [0, 0.1) is 24.4 Å². The average Bonchev–Trinajstić information content (AvgIpc) is 2.58. The summed E-state index contributed by atoms with van der Waals surface area (Å²) in [6.07, 6.45) is 1.47. The van der Waals surface area contributed by atoms with Gasteiger partial charge in [0.2, 0.25) is 9.84 Å². The quantitative estimate of drug-likeness (QED) is 0.532. The fourth-order valence-corrected chi connectivity index (χ4v) is 4.03. The SMILES string of the molecule is C=Cc1ccc(S(=O)(=O)c2c(C)c(F)c(C(=O)OC(C)(C)C)c(F)c2F)cc1. The number of carbonyl (C=O) groups excluding carboxylic acids is 1. The van der Waals surface area contributed by atoms with E-state index in [1.54, 1.807) is 0 Å². The zero-order valence-electron chi connectivity index (χ0n) is 15.8. The van der Waals surface area contributed by atoms with E-state index < -0.39 is 54.9 Å². The smallest absolute Gasteiger partial charge is 0.344 e. The molecule has 0 atom stereocenters. The Morgan fingerprint density at radius 3 is 2.04 bits per heavy atom. The van der Waals surface area contributed by atoms with Gasteiger partial charge in [-0.15, -0.1) is 0 Å². The van der Waals surface area contributed by atoms with Crippen LogP contribution in [0.2, 0.25) is 0 Å². The van der Waals surface area contributed by atoms with Crippen LogP contribution in [0.25, 0.3) is 6.08 Å². The summed E-state index contributed by atoms with van der Waals surface area (Å²) in [4.78, 5) is 10.6. The second-order valence-corrected chi connectivity index (χ2v) is 8.94. The Bertz CT molecular complexity index is 1020. The Kier molecular flexibility index (Phi) is 5.75. The largest absolute Gasteiger partial charge is 0.456 e. The normalized spacial score (nSPS) is 12.0. The molecule has 0 aliphatic carbocycles. The molecule has 0 fully saturated rings. The Morgan fingerprint density at radius 2 is 1.57 bits per heavy atom. The molecule has 0 amide bonds. The van der Waals surface area contributed by atoms with Crippen LogP contribution in [0.15, 0.2) is 40.6 Å². The van der Waals surface area contributed by atoms with Crippen molar-refractivity contribution in [2.45, 2.75) is 43.1 Å². The van der Waals surface area contributed by atoms with Crippen LogP contribution in [-0.2, 0) is 14.6 Å². The molecular formula is C20H19F3O4S. The Morgan fingerprint density at radius 1 is 1.04 bits per heavy atom. The predicted octanol–water partition coefficient (Wildman–Crippen LogP) is 4.84. The number of sulfone groups is 1. The number of carbonyl (C=O) groups is 1. The van der Waals surface area contributed by atoms with E-state index in [4.69, 9.17) is 4.74 Å². The Labute approximate surface area is 161 Å². The van der Waals surface area contributed by atoms with Crippen molar-refractivity contribution in [2.24, 2.45) is 0 Å². The lowest BCUT2D eigenvalue weighted by molar-refractivity contribution is 0.00576. The second kappa shape index (κ2) is 7.43. The minimum atomic E-state index is -4.59. The molecule has 0 unspecified atom stereocenters. The first-order chi connectivity index (χ1) is 12.8. The summed E-state index contributed by atoms with van der Waals surface area (Å²) >= 11 is 0. The number of esters is 1. The van der Waals surface area contributed by atoms with Crippen LogP contribution >= 0.6 is 0 Å². The van der Waals surface area contributed by atoms with Gasteiger partial charge in [0, 0.05) is 5.56 Å². The highest BCUT2D eigenvalue weighted by atomic mass is 32.2. The van der Waals surface area contributed by atoms with Crippen molar-refractivity contribution in [3.63, 3.8) is 0 Å². The predicted molar refractivity (Wildman–Crippen MR) is 98.2 cm³/mol. The molecule has 0 saturated heterocycles. The van der Waals surface area contributed by atoms with Gasteiger partial charge in [0.05, 0.1) is 4.90 Å². The molecular weight excluding hydrogens is 393 g/mol. The third-order valence-electron chi connectivity index (χ3n) is 3.80. The molecule has 0 spiro atoms. The van der Waals surface area contributed by atoms with Crippen LogP contribution in [-0.4, -0.2) is 20.0 Å². The number of benzene rings is 2. The van der Waals surface area contributed by atoms with Gasteiger partial charge >= 0.3 is 5.97 Å². The molecule has 28 heavy (non-hydrogen) atoms. The fourth-order valence-electron chi connectivity index (χ4n) is 2.49. The topological polar surface area (TPSA) is 60.4 Å². The zero-order valence-corrected chi connectivity index (χ0v) is 16.6. The van der Waals surface area contributed by atoms with Crippen molar-refractivity contribution in [2.75, 3.05) is 0 Å². The summed E-state index contributed by atoms with van der Waals surface area (Å²) < 4.78 is 74.3. The van der Waals surface area contributed by atoms with Crippen molar-refractivity contribution in [3.8, 4) is 0 Å². The molecule has 0 radical (unpaired) electrons. The average molecular weight is 412 g/mol. The molecule has 8 heteroatoms. The lowest BCUT2D eigenvalue weighted by atomic mass is 10.1. The van der Waals surface area contributed by atoms with Crippen molar-refractivity contribution in [3.05, 3.63) is 65.0 Å². The lowest BCUT2D eigenvalue weighted by Crippen LogP contribution is -2.26. The molecule has 0 bridgehead atoms. The second-order valence-electron chi connectivity index (χ2n) is 7.05. The third kappa shape index (κ3) is 3.96. The van der Waals surface area contributed by atoms with E-state index in [0.29, 0.717) is 5.56 Å². The van der Waals surface area contributed by atoms with E-state index in [0.717, 1.165) is 6.92 Å². The molecule has 2 aromatic rings. The maximum atomic E-state index is 14.7. The standard InChI is InChI=1S/C20H19F3O4S/c1-6-12-7-9-13(10-8-12)28(25,26)18-11(2)15(21)14(16(22)17(18)23)19(24)27-20(3,4)5/h6-10H,1H2,2-5H3. The van der Waals surface area contributed by atoms with Gasteiger partial charge in [-0.05, 0) is 45.4 Å². The highest BCUT2D eigenvalue weighted by molar-refractivity contribution is 7.91. The first-order valence-electron chi connectivity index (χ1n) is 8.19. The van der Waals surface area contributed by atoms with Gasteiger partial charge < -0.3 is 4.74 Å². The zero-order chi connectivity index (χ0) is 21.4. The number of halogens is 3. The maximum Gasteiger partial charge on any atom is 0.344 e. The fraction of sp³-hybridized carbons (Fsp3) is 0.250. The first kappa shape index (κ1) is 21.7. The van der Waals surface area contributed by atoms with E-state index >= 15 is 0 Å². The third-order valence-corrected chi connectivity index (χ3v) is 5.71. The van der Waals surface area contributed by atoms with E-state index in [1.807, 2.05) is 0 Å². The number of hydrogen-bond acceptors (Lipinski definition) is 4. The minimum absolute atomic E-state index is 0.357. The molecule has 0 aliphatic heterocycles. The number of ether oxygens (including phenoxy) is 1. The van der Waals surface area contributed by atoms with Gasteiger partial charge in [-0.3, -0.25) is 0 Å². The van der Waals surface area contributed by atoms with Crippen LogP contribution < -0.4 is 0 Å². The molecule has 150 valence electrons. The first-order valence-corrected chi connectivity index (χ1v) is 9.67. The molecule has 0 aliphatic rings. The van der Waals surface area contributed by atoms with Crippen molar-refractivity contribution in [1.82, 2.24) is 0 Å². The molecule has 4 nitrogen and oxygen atoms in total. The summed E-state index contributed by atoms with van der Waals surface area (Å²) in [7, 11) is -4.59. The highest BCUT2D eigenvalue weighted by Gasteiger charge is 2.35. The summed E-state index contributed by atoms with van der Waals surface area (Å²) in [5.74, 6) is -6.68.